The van der Waals surface area contributed by atoms with Gasteiger partial charge in [0.15, 0.2) is 11.6 Å². The van der Waals surface area contributed by atoms with E-state index >= 15 is 0 Å². The molecule has 8 heteroatoms. The Bertz CT molecular complexity index is 1040. The number of hydrogen-bond donors (Lipinski definition) is 1. The van der Waals surface area contributed by atoms with E-state index in [0.717, 1.165) is 12.1 Å². The van der Waals surface area contributed by atoms with Gasteiger partial charge >= 0.3 is 0 Å². The zero-order valence-corrected chi connectivity index (χ0v) is 14.3. The fourth-order valence-corrected chi connectivity index (χ4v) is 3.34. The number of aromatic nitrogens is 2. The molecule has 1 N–H and O–H groups in total. The number of carbonyl (C=O) groups excluding carboxylic acids is 1. The molecule has 0 radical (unpaired) electrons. The number of nitrogens with zero attached hydrogens (tertiary/aromatic N) is 2. The highest BCUT2D eigenvalue weighted by Crippen LogP contribution is 2.16. The van der Waals surface area contributed by atoms with Crippen molar-refractivity contribution in [3.8, 4) is 11.4 Å². The monoisotopic (exact) mass is 371 g/mol. The minimum absolute atomic E-state index is 0.297. The second kappa shape index (κ2) is 7.51. The standard InChI is InChI=1S/C18H14FN3O3S/c19-15-7-1-2-8-17(15)26(24,25)22-12-16(23)13-5-3-6-14(11-13)18-20-9-4-10-21-18/h1-11,22H,12H2. The van der Waals surface area contributed by atoms with Crippen LogP contribution >= 0.6 is 0 Å². The van der Waals surface area contributed by atoms with Crippen LogP contribution in [0.1, 0.15) is 10.4 Å². The second-order valence-corrected chi connectivity index (χ2v) is 7.07. The smallest absolute Gasteiger partial charge is 0.243 e. The number of halogens is 1. The number of sulfonamides is 1. The van der Waals surface area contributed by atoms with Gasteiger partial charge in [-0.3, -0.25) is 4.79 Å². The molecule has 1 heterocycles. The van der Waals surface area contributed by atoms with Crippen molar-refractivity contribution in [3.63, 3.8) is 0 Å². The number of ketones is 1. The maximum Gasteiger partial charge on any atom is 0.243 e. The van der Waals surface area contributed by atoms with Crippen LogP contribution in [0.4, 0.5) is 4.39 Å². The normalized spacial score (nSPS) is 11.3. The summed E-state index contributed by atoms with van der Waals surface area (Å²) in [5.74, 6) is -0.882. The van der Waals surface area contributed by atoms with Crippen molar-refractivity contribution >= 4 is 15.8 Å². The molecule has 2 aromatic carbocycles. The van der Waals surface area contributed by atoms with Crippen molar-refractivity contribution in [1.82, 2.24) is 14.7 Å². The lowest BCUT2D eigenvalue weighted by Crippen LogP contribution is -2.30. The Morgan fingerprint density at radius 3 is 2.46 bits per heavy atom. The summed E-state index contributed by atoms with van der Waals surface area (Å²) in [5.41, 5.74) is 0.930. The van der Waals surface area contributed by atoms with E-state index in [1.54, 1.807) is 42.7 Å². The highest BCUT2D eigenvalue weighted by molar-refractivity contribution is 7.89. The zero-order chi connectivity index (χ0) is 18.6. The fourth-order valence-electron chi connectivity index (χ4n) is 2.28. The molecule has 3 aromatic rings. The van der Waals surface area contributed by atoms with Crippen molar-refractivity contribution in [2.24, 2.45) is 0 Å². The first-order chi connectivity index (χ1) is 12.5. The number of benzene rings is 2. The van der Waals surface area contributed by atoms with Crippen LogP contribution in [0.5, 0.6) is 0 Å². The molecule has 26 heavy (non-hydrogen) atoms. The summed E-state index contributed by atoms with van der Waals surface area (Å²) in [4.78, 5) is 20.0. The topological polar surface area (TPSA) is 89.0 Å². The molecule has 1 aromatic heterocycles. The maximum atomic E-state index is 13.7. The lowest BCUT2D eigenvalue weighted by Gasteiger charge is -2.08. The summed E-state index contributed by atoms with van der Waals surface area (Å²) in [6.07, 6.45) is 3.17. The molecule has 0 saturated heterocycles. The zero-order valence-electron chi connectivity index (χ0n) is 13.5. The molecular formula is C18H14FN3O3S. The summed E-state index contributed by atoms with van der Waals surface area (Å²) in [6, 6.07) is 13.2. The predicted octanol–water partition coefficient (Wildman–Crippen LogP) is 2.44. The number of Topliss-reactive ketones (excluding diaryl/α,β-unsaturated/α-hetero) is 1. The summed E-state index contributed by atoms with van der Waals surface area (Å²) in [6.45, 7) is -0.490. The quantitative estimate of drug-likeness (QED) is 0.673. The lowest BCUT2D eigenvalue weighted by atomic mass is 10.1. The number of carbonyl (C=O) groups is 1. The van der Waals surface area contributed by atoms with Gasteiger partial charge in [0.05, 0.1) is 6.54 Å². The summed E-state index contributed by atoms with van der Waals surface area (Å²) < 4.78 is 40.1. The third-order valence-corrected chi connectivity index (χ3v) is 4.99. The van der Waals surface area contributed by atoms with Crippen molar-refractivity contribution in [1.29, 1.82) is 0 Å². The average Bonchev–Trinajstić information content (AvgIpc) is 2.67. The molecule has 0 spiro atoms. The molecule has 0 aliphatic heterocycles. The lowest BCUT2D eigenvalue weighted by molar-refractivity contribution is 0.0997. The van der Waals surface area contributed by atoms with Gasteiger partial charge in [0.1, 0.15) is 10.7 Å². The van der Waals surface area contributed by atoms with E-state index in [2.05, 4.69) is 14.7 Å². The van der Waals surface area contributed by atoms with Crippen LogP contribution in [0.15, 0.2) is 71.9 Å². The molecule has 0 unspecified atom stereocenters. The van der Waals surface area contributed by atoms with Crippen molar-refractivity contribution in [3.05, 3.63) is 78.4 Å². The molecule has 0 bridgehead atoms. The van der Waals surface area contributed by atoms with Crippen LogP contribution in [0, 0.1) is 5.82 Å². The van der Waals surface area contributed by atoms with Crippen LogP contribution in [0.25, 0.3) is 11.4 Å². The van der Waals surface area contributed by atoms with Crippen LogP contribution in [-0.4, -0.2) is 30.7 Å². The first-order valence-electron chi connectivity index (χ1n) is 7.62. The van der Waals surface area contributed by atoms with Crippen molar-refractivity contribution in [2.45, 2.75) is 4.90 Å². The van der Waals surface area contributed by atoms with Crippen molar-refractivity contribution in [2.75, 3.05) is 6.54 Å². The number of rotatable bonds is 6. The molecule has 6 nitrogen and oxygen atoms in total. The molecule has 0 saturated carbocycles. The second-order valence-electron chi connectivity index (χ2n) is 5.33. The van der Waals surface area contributed by atoms with Gasteiger partial charge in [-0.15, -0.1) is 0 Å². The summed E-state index contributed by atoms with van der Waals surface area (Å²) in [5, 5.41) is 0. The molecular weight excluding hydrogens is 357 g/mol. The van der Waals surface area contributed by atoms with E-state index in [1.165, 1.54) is 12.1 Å². The van der Waals surface area contributed by atoms with Crippen LogP contribution < -0.4 is 4.72 Å². The molecule has 0 aliphatic rings. The molecule has 3 rings (SSSR count). The van der Waals surface area contributed by atoms with Crippen LogP contribution in [0.2, 0.25) is 0 Å². The van der Waals surface area contributed by atoms with Crippen LogP contribution in [-0.2, 0) is 10.0 Å². The molecule has 0 fully saturated rings. The van der Waals surface area contributed by atoms with E-state index in [0.29, 0.717) is 17.0 Å². The van der Waals surface area contributed by atoms with Crippen LogP contribution in [0.3, 0.4) is 0 Å². The highest BCUT2D eigenvalue weighted by Gasteiger charge is 2.20. The Labute approximate surface area is 149 Å². The first-order valence-corrected chi connectivity index (χ1v) is 9.10. The Hall–Kier alpha value is -2.97. The van der Waals surface area contributed by atoms with E-state index in [4.69, 9.17) is 0 Å². The fraction of sp³-hybridized carbons (Fsp3) is 0.0556. The minimum atomic E-state index is -4.13. The molecule has 0 amide bonds. The number of hydrogen-bond acceptors (Lipinski definition) is 5. The van der Waals surface area contributed by atoms with Gasteiger partial charge in [-0.1, -0.05) is 30.3 Å². The predicted molar refractivity (Wildman–Crippen MR) is 93.4 cm³/mol. The van der Waals surface area contributed by atoms with E-state index in [1.807, 2.05) is 0 Å². The average molecular weight is 371 g/mol. The Balaban J connectivity index is 1.76. The largest absolute Gasteiger partial charge is 0.293 e. The van der Waals surface area contributed by atoms with Gasteiger partial charge < -0.3 is 0 Å². The Morgan fingerprint density at radius 2 is 1.73 bits per heavy atom. The summed E-state index contributed by atoms with van der Waals surface area (Å²) >= 11 is 0. The van der Waals surface area contributed by atoms with Gasteiger partial charge in [0, 0.05) is 23.5 Å². The third kappa shape index (κ3) is 3.98. The molecule has 0 atom stereocenters. The highest BCUT2D eigenvalue weighted by atomic mass is 32.2. The van der Waals surface area contributed by atoms with E-state index in [9.17, 15) is 17.6 Å². The molecule has 0 aliphatic carbocycles. The van der Waals surface area contributed by atoms with E-state index in [-0.39, 0.29) is 0 Å². The Kier molecular flexibility index (Phi) is 5.15. The molecule has 132 valence electrons. The summed E-state index contributed by atoms with van der Waals surface area (Å²) in [7, 11) is -4.13. The van der Waals surface area contributed by atoms with E-state index < -0.39 is 33.1 Å². The van der Waals surface area contributed by atoms with Gasteiger partial charge in [-0.2, -0.15) is 0 Å². The van der Waals surface area contributed by atoms with Gasteiger partial charge in [-0.25, -0.2) is 27.5 Å². The van der Waals surface area contributed by atoms with Gasteiger partial charge in [0.2, 0.25) is 10.0 Å². The Morgan fingerprint density at radius 1 is 1.00 bits per heavy atom. The van der Waals surface area contributed by atoms with Gasteiger partial charge in [-0.05, 0) is 24.3 Å². The van der Waals surface area contributed by atoms with Crippen molar-refractivity contribution < 1.29 is 17.6 Å². The number of nitrogens with one attached hydrogen (secondary N) is 1. The maximum absolute atomic E-state index is 13.7. The SMILES string of the molecule is O=C(CNS(=O)(=O)c1ccccc1F)c1cccc(-c2ncccn2)c1. The third-order valence-electron chi connectivity index (χ3n) is 3.56. The van der Waals surface area contributed by atoms with Gasteiger partial charge in [0.25, 0.3) is 0 Å². The minimum Gasteiger partial charge on any atom is -0.293 e. The first kappa shape index (κ1) is 17.8.